The van der Waals surface area contributed by atoms with Crippen LogP contribution in [0.4, 0.5) is 0 Å². The molecule has 0 fully saturated rings. The van der Waals surface area contributed by atoms with E-state index in [4.69, 9.17) is 0 Å². The molecule has 0 aromatic carbocycles. The largest absolute Gasteiger partial charge is 0.388 e. The molecule has 0 saturated carbocycles. The van der Waals surface area contributed by atoms with E-state index in [1.165, 1.54) is 0 Å². The van der Waals surface area contributed by atoms with Crippen LogP contribution in [0.15, 0.2) is 17.0 Å². The maximum absolute atomic E-state index is 4.68. The van der Waals surface area contributed by atoms with Crippen molar-refractivity contribution in [2.24, 2.45) is 0 Å². The van der Waals surface area contributed by atoms with E-state index in [0.717, 1.165) is 5.56 Å². The van der Waals surface area contributed by atoms with Crippen molar-refractivity contribution in [3.63, 3.8) is 0 Å². The molecule has 2 rings (SSSR count). The zero-order valence-corrected chi connectivity index (χ0v) is 3.96. The molecule has 0 aromatic heterocycles. The van der Waals surface area contributed by atoms with Crippen LogP contribution in [-0.4, -0.2) is 15.4 Å². The molecule has 40 valence electrons. The van der Waals surface area contributed by atoms with Gasteiger partial charge in [-0.25, -0.2) is 5.16 Å². The van der Waals surface area contributed by atoms with Crippen LogP contribution in [0, 0.1) is 0 Å². The molecule has 0 unspecified atom stereocenters. The molecule has 0 aromatic rings. The van der Waals surface area contributed by atoms with Crippen molar-refractivity contribution in [2.45, 2.75) is 0 Å². The predicted molar refractivity (Wildman–Crippen MR) is 25.3 cm³/mol. The Kier molecular flexibility index (Phi) is 0.498. The average molecular weight is 109 g/mol. The van der Waals surface area contributed by atoms with Gasteiger partial charge in [-0.1, -0.05) is 0 Å². The Labute approximate surface area is 44.8 Å². The summed E-state index contributed by atoms with van der Waals surface area (Å²) in [7, 11) is 0. The summed E-state index contributed by atoms with van der Waals surface area (Å²) in [5.41, 5.74) is 0.907. The minimum Gasteiger partial charge on any atom is -0.388 e. The van der Waals surface area contributed by atoms with Crippen molar-refractivity contribution >= 4 is 0 Å². The second kappa shape index (κ2) is 1.09. The molecular weight excluding hydrogens is 106 g/mol. The fraction of sp³-hybridized carbons (Fsp3) is 0. The highest BCUT2D eigenvalue weighted by molar-refractivity contribution is 5.51. The van der Waals surface area contributed by atoms with Crippen molar-refractivity contribution in [1.82, 2.24) is 15.4 Å². The zero-order chi connectivity index (χ0) is 5.40. The van der Waals surface area contributed by atoms with E-state index in [2.05, 4.69) is 19.9 Å². The van der Waals surface area contributed by atoms with Crippen molar-refractivity contribution in [2.75, 3.05) is 0 Å². The number of aromatic nitrogens is 3. The van der Waals surface area contributed by atoms with Gasteiger partial charge in [0, 0.05) is 0 Å². The summed E-state index contributed by atoms with van der Waals surface area (Å²) >= 11 is 0. The first-order valence-electron chi connectivity index (χ1n) is 2.20. The molecule has 0 radical (unpaired) electrons. The molecule has 4 heteroatoms. The lowest BCUT2D eigenvalue weighted by atomic mass is 10.4. The number of rotatable bonds is 0. The third-order valence-electron chi connectivity index (χ3n) is 0.969. The summed E-state index contributed by atoms with van der Waals surface area (Å²) in [5.74, 6) is 0.699. The molecule has 8 heavy (non-hydrogen) atoms. The molecule has 2 aliphatic heterocycles. The normalized spacial score (nSPS) is 10.5. The number of H-pyrrole nitrogens is 1. The smallest absolute Gasteiger partial charge is 0.194 e. The molecule has 1 N–H and O–H groups in total. The molecule has 0 atom stereocenters. The van der Waals surface area contributed by atoms with Gasteiger partial charge in [-0.3, -0.25) is 0 Å². The van der Waals surface area contributed by atoms with Gasteiger partial charge in [-0.15, -0.1) is 5.10 Å². The van der Waals surface area contributed by atoms with Crippen LogP contribution in [0.1, 0.15) is 0 Å². The van der Waals surface area contributed by atoms with Gasteiger partial charge in [0.2, 0.25) is 0 Å². The topological polar surface area (TPSA) is 54.7 Å². The summed E-state index contributed by atoms with van der Waals surface area (Å²) in [6.07, 6.45) is 3.20. The fourth-order valence-electron chi connectivity index (χ4n) is 0.582. The highest BCUT2D eigenvalue weighted by atomic mass is 16.5. The quantitative estimate of drug-likeness (QED) is 0.536. The molecule has 2 heterocycles. The lowest BCUT2D eigenvalue weighted by Crippen LogP contribution is -1.68. The van der Waals surface area contributed by atoms with Crippen molar-refractivity contribution in [3.05, 3.63) is 12.5 Å². The average Bonchev–Trinajstić information content (AvgIpc) is 2.15. The fourth-order valence-corrected chi connectivity index (χ4v) is 0.582. The van der Waals surface area contributed by atoms with Gasteiger partial charge in [0.15, 0.2) is 5.82 Å². The van der Waals surface area contributed by atoms with Gasteiger partial charge in [0.1, 0.15) is 6.26 Å². The minimum absolute atomic E-state index is 0.699. The second-order valence-corrected chi connectivity index (χ2v) is 1.49. The summed E-state index contributed by atoms with van der Waals surface area (Å²) in [6.45, 7) is 0. The van der Waals surface area contributed by atoms with E-state index in [9.17, 15) is 0 Å². The summed E-state index contributed by atoms with van der Waals surface area (Å²) in [4.78, 5) is 0. The van der Waals surface area contributed by atoms with Crippen molar-refractivity contribution < 1.29 is 4.52 Å². The lowest BCUT2D eigenvalue weighted by molar-refractivity contribution is 0.421. The maximum atomic E-state index is 4.68. The van der Waals surface area contributed by atoms with Crippen molar-refractivity contribution in [1.29, 1.82) is 0 Å². The van der Waals surface area contributed by atoms with Gasteiger partial charge in [-0.05, 0) is 0 Å². The van der Waals surface area contributed by atoms with E-state index >= 15 is 0 Å². The first kappa shape index (κ1) is 3.65. The molecule has 2 aliphatic rings. The summed E-state index contributed by atoms with van der Waals surface area (Å²) in [6, 6.07) is 0. The van der Waals surface area contributed by atoms with Gasteiger partial charge in [0.25, 0.3) is 0 Å². The number of hydrogen-bond acceptors (Lipinski definition) is 3. The van der Waals surface area contributed by atoms with E-state index in [0.29, 0.717) is 5.82 Å². The number of hydrogen-bond donors (Lipinski definition) is 1. The van der Waals surface area contributed by atoms with Crippen LogP contribution in [0.3, 0.4) is 0 Å². The highest BCUT2D eigenvalue weighted by Gasteiger charge is 2.04. The predicted octanol–water partition coefficient (Wildman–Crippen LogP) is 0.502. The number of nitrogens with one attached hydrogen (secondary N) is 1. The Morgan fingerprint density at radius 1 is 1.62 bits per heavy atom. The summed E-state index contributed by atoms with van der Waals surface area (Å²) < 4.78 is 4.68. The molecule has 4 nitrogen and oxygen atoms in total. The van der Waals surface area contributed by atoms with E-state index in [-0.39, 0.29) is 0 Å². The number of nitrogens with zero attached hydrogens (tertiary/aromatic N) is 2. The zero-order valence-electron chi connectivity index (χ0n) is 3.96. The molecular formula is C4H3N3O. The first-order chi connectivity index (χ1) is 3.97. The molecule has 0 saturated heterocycles. The third-order valence-corrected chi connectivity index (χ3v) is 0.969. The van der Waals surface area contributed by atoms with E-state index in [1.54, 1.807) is 12.5 Å². The minimum atomic E-state index is 0.699. The van der Waals surface area contributed by atoms with Gasteiger partial charge >= 0.3 is 0 Å². The standard InChI is InChI=1S/C4H3N3O/c1-3-2-8-7-4(3)6-5-1/h1-2H,(H,6,7). The van der Waals surface area contributed by atoms with Crippen molar-refractivity contribution in [3.8, 4) is 11.4 Å². The second-order valence-electron chi connectivity index (χ2n) is 1.49. The molecule has 0 bridgehead atoms. The van der Waals surface area contributed by atoms with Crippen LogP contribution in [0.25, 0.3) is 11.4 Å². The number of fused-ring (bicyclic) bond motifs is 1. The van der Waals surface area contributed by atoms with E-state index < -0.39 is 0 Å². The number of aromatic amines is 1. The SMILES string of the molecule is c1nnc2[nH]occ1-2. The summed E-state index contributed by atoms with van der Waals surface area (Å²) in [5, 5.41) is 9.85. The third kappa shape index (κ3) is 0.294. The van der Waals surface area contributed by atoms with Crippen LogP contribution < -0.4 is 0 Å². The Morgan fingerprint density at radius 3 is 3.50 bits per heavy atom. The monoisotopic (exact) mass is 109 g/mol. The van der Waals surface area contributed by atoms with E-state index in [1.807, 2.05) is 0 Å². The molecule has 0 amide bonds. The Bertz CT molecular complexity index is 203. The van der Waals surface area contributed by atoms with Gasteiger partial charge in [-0.2, -0.15) is 5.10 Å². The lowest BCUT2D eigenvalue weighted by Gasteiger charge is -1.69. The molecule has 0 spiro atoms. The van der Waals surface area contributed by atoms with Crippen LogP contribution in [0.5, 0.6) is 0 Å². The van der Waals surface area contributed by atoms with Gasteiger partial charge in [0.05, 0.1) is 11.8 Å². The first-order valence-corrected chi connectivity index (χ1v) is 2.20. The Balaban J connectivity index is 2.84. The molecule has 0 aliphatic carbocycles. The Hall–Kier alpha value is -1.32. The maximum Gasteiger partial charge on any atom is 0.194 e. The van der Waals surface area contributed by atoms with Crippen LogP contribution in [-0.2, 0) is 0 Å². The van der Waals surface area contributed by atoms with Crippen LogP contribution in [0.2, 0.25) is 0 Å². The highest BCUT2D eigenvalue weighted by Crippen LogP contribution is 2.13. The van der Waals surface area contributed by atoms with Gasteiger partial charge < -0.3 is 4.52 Å². The van der Waals surface area contributed by atoms with Crippen LogP contribution >= 0.6 is 0 Å². The Morgan fingerprint density at radius 2 is 2.62 bits per heavy atom.